The van der Waals surface area contributed by atoms with E-state index in [1.807, 2.05) is 31.2 Å². The minimum atomic E-state index is -0.226. The second-order valence-corrected chi connectivity index (χ2v) is 4.76. The van der Waals surface area contributed by atoms with Gasteiger partial charge >= 0.3 is 0 Å². The standard InChI is InChI=1S/C16H20N4O/c1-4-20(5-2)15-10-14(17-11-18-15)16(21)19-13-8-6-7-12(3)9-13/h6-11H,4-5H2,1-3H3,(H,19,21). The van der Waals surface area contributed by atoms with Crippen molar-refractivity contribution in [1.29, 1.82) is 0 Å². The molecule has 0 aliphatic carbocycles. The molecule has 110 valence electrons. The molecular weight excluding hydrogens is 264 g/mol. The number of rotatable bonds is 5. The van der Waals surface area contributed by atoms with Gasteiger partial charge in [-0.3, -0.25) is 4.79 Å². The molecule has 1 aromatic heterocycles. The van der Waals surface area contributed by atoms with Crippen LogP contribution in [0.3, 0.4) is 0 Å². The molecule has 0 unspecified atom stereocenters. The van der Waals surface area contributed by atoms with Crippen molar-refractivity contribution in [3.05, 3.63) is 47.9 Å². The van der Waals surface area contributed by atoms with Gasteiger partial charge < -0.3 is 10.2 Å². The Hall–Kier alpha value is -2.43. The van der Waals surface area contributed by atoms with Gasteiger partial charge in [0.2, 0.25) is 0 Å². The predicted octanol–water partition coefficient (Wildman–Crippen LogP) is 2.88. The Bertz CT molecular complexity index is 623. The van der Waals surface area contributed by atoms with Gasteiger partial charge in [-0.05, 0) is 38.5 Å². The van der Waals surface area contributed by atoms with Gasteiger partial charge in [-0.2, -0.15) is 0 Å². The highest BCUT2D eigenvalue weighted by atomic mass is 16.1. The average molecular weight is 284 g/mol. The number of aryl methyl sites for hydroxylation is 1. The van der Waals surface area contributed by atoms with Crippen molar-refractivity contribution < 1.29 is 4.79 Å². The van der Waals surface area contributed by atoms with Gasteiger partial charge in [-0.25, -0.2) is 9.97 Å². The van der Waals surface area contributed by atoms with Crippen LogP contribution in [0.4, 0.5) is 11.5 Å². The van der Waals surface area contributed by atoms with Crippen LogP contribution in [0.1, 0.15) is 29.9 Å². The Morgan fingerprint density at radius 3 is 2.62 bits per heavy atom. The average Bonchev–Trinajstić information content (AvgIpc) is 2.49. The van der Waals surface area contributed by atoms with Crippen LogP contribution < -0.4 is 10.2 Å². The molecule has 0 bridgehead atoms. The quantitative estimate of drug-likeness (QED) is 0.917. The molecule has 1 amide bonds. The normalized spacial score (nSPS) is 10.2. The van der Waals surface area contributed by atoms with Gasteiger partial charge in [0.25, 0.3) is 5.91 Å². The third-order valence-electron chi connectivity index (χ3n) is 3.25. The van der Waals surface area contributed by atoms with E-state index in [2.05, 4.69) is 34.0 Å². The number of anilines is 2. The summed E-state index contributed by atoms with van der Waals surface area (Å²) in [4.78, 5) is 22.6. The Morgan fingerprint density at radius 1 is 1.19 bits per heavy atom. The fourth-order valence-corrected chi connectivity index (χ4v) is 2.11. The van der Waals surface area contributed by atoms with Gasteiger partial charge in [0.1, 0.15) is 17.8 Å². The molecule has 0 atom stereocenters. The Morgan fingerprint density at radius 2 is 1.95 bits per heavy atom. The third kappa shape index (κ3) is 3.78. The number of carbonyl (C=O) groups is 1. The Labute approximate surface area is 125 Å². The SMILES string of the molecule is CCN(CC)c1cc(C(=O)Nc2cccc(C)c2)ncn1. The van der Waals surface area contributed by atoms with Crippen LogP contribution in [0.5, 0.6) is 0 Å². The molecular formula is C16H20N4O. The van der Waals surface area contributed by atoms with E-state index in [9.17, 15) is 4.79 Å². The van der Waals surface area contributed by atoms with Crippen molar-refractivity contribution in [2.45, 2.75) is 20.8 Å². The lowest BCUT2D eigenvalue weighted by atomic mass is 10.2. The topological polar surface area (TPSA) is 58.1 Å². The first-order valence-corrected chi connectivity index (χ1v) is 7.09. The van der Waals surface area contributed by atoms with Gasteiger partial charge in [0.05, 0.1) is 0 Å². The fraction of sp³-hybridized carbons (Fsp3) is 0.312. The van der Waals surface area contributed by atoms with E-state index in [0.717, 1.165) is 30.2 Å². The van der Waals surface area contributed by atoms with Gasteiger partial charge in [-0.1, -0.05) is 12.1 Å². The second-order valence-electron chi connectivity index (χ2n) is 4.76. The molecule has 0 aliphatic rings. The van der Waals surface area contributed by atoms with Crippen LogP contribution >= 0.6 is 0 Å². The largest absolute Gasteiger partial charge is 0.357 e. The van der Waals surface area contributed by atoms with Crippen molar-refractivity contribution in [3.63, 3.8) is 0 Å². The molecule has 5 nitrogen and oxygen atoms in total. The third-order valence-corrected chi connectivity index (χ3v) is 3.25. The number of nitrogens with zero attached hydrogens (tertiary/aromatic N) is 3. The molecule has 0 spiro atoms. The highest BCUT2D eigenvalue weighted by Gasteiger charge is 2.11. The van der Waals surface area contributed by atoms with E-state index in [1.54, 1.807) is 6.07 Å². The summed E-state index contributed by atoms with van der Waals surface area (Å²) in [6.07, 6.45) is 1.43. The molecule has 1 aromatic carbocycles. The van der Waals surface area contributed by atoms with Crippen LogP contribution in [-0.4, -0.2) is 29.0 Å². The molecule has 2 rings (SSSR count). The van der Waals surface area contributed by atoms with E-state index in [0.29, 0.717) is 5.69 Å². The first-order valence-electron chi connectivity index (χ1n) is 7.09. The van der Waals surface area contributed by atoms with Crippen LogP contribution in [0.2, 0.25) is 0 Å². The predicted molar refractivity (Wildman–Crippen MR) is 84.7 cm³/mol. The molecule has 0 aliphatic heterocycles. The molecule has 0 fully saturated rings. The lowest BCUT2D eigenvalue weighted by Crippen LogP contribution is -2.24. The highest BCUT2D eigenvalue weighted by Crippen LogP contribution is 2.13. The molecule has 21 heavy (non-hydrogen) atoms. The van der Waals surface area contributed by atoms with E-state index in [1.165, 1.54) is 6.33 Å². The summed E-state index contributed by atoms with van der Waals surface area (Å²) < 4.78 is 0. The molecule has 1 N–H and O–H groups in total. The monoisotopic (exact) mass is 284 g/mol. The zero-order valence-electron chi connectivity index (χ0n) is 12.6. The van der Waals surface area contributed by atoms with Crippen LogP contribution in [0.15, 0.2) is 36.7 Å². The summed E-state index contributed by atoms with van der Waals surface area (Å²) >= 11 is 0. The molecule has 0 radical (unpaired) electrons. The molecule has 1 heterocycles. The van der Waals surface area contributed by atoms with E-state index in [-0.39, 0.29) is 5.91 Å². The maximum atomic E-state index is 12.3. The smallest absolute Gasteiger partial charge is 0.274 e. The van der Waals surface area contributed by atoms with Crippen molar-refractivity contribution in [1.82, 2.24) is 9.97 Å². The second kappa shape index (κ2) is 6.83. The minimum absolute atomic E-state index is 0.226. The summed E-state index contributed by atoms with van der Waals surface area (Å²) in [5, 5.41) is 2.85. The summed E-state index contributed by atoms with van der Waals surface area (Å²) in [6, 6.07) is 9.39. The summed E-state index contributed by atoms with van der Waals surface area (Å²) in [5.74, 6) is 0.542. The number of nitrogens with one attached hydrogen (secondary N) is 1. The van der Waals surface area contributed by atoms with Crippen molar-refractivity contribution in [2.75, 3.05) is 23.3 Å². The Balaban J connectivity index is 2.18. The van der Waals surface area contributed by atoms with Crippen LogP contribution in [0, 0.1) is 6.92 Å². The van der Waals surface area contributed by atoms with Crippen molar-refractivity contribution >= 4 is 17.4 Å². The first kappa shape index (κ1) is 15.0. The summed E-state index contributed by atoms with van der Waals surface area (Å²) in [7, 11) is 0. The van der Waals surface area contributed by atoms with E-state index < -0.39 is 0 Å². The minimum Gasteiger partial charge on any atom is -0.357 e. The van der Waals surface area contributed by atoms with Gasteiger partial charge in [-0.15, -0.1) is 0 Å². The van der Waals surface area contributed by atoms with Gasteiger partial charge in [0, 0.05) is 24.8 Å². The van der Waals surface area contributed by atoms with E-state index in [4.69, 9.17) is 0 Å². The summed E-state index contributed by atoms with van der Waals surface area (Å²) in [5.41, 5.74) is 2.23. The number of amides is 1. The first-order chi connectivity index (χ1) is 10.1. The van der Waals surface area contributed by atoms with Crippen LogP contribution in [0.25, 0.3) is 0 Å². The maximum Gasteiger partial charge on any atom is 0.274 e. The lowest BCUT2D eigenvalue weighted by Gasteiger charge is -2.19. The van der Waals surface area contributed by atoms with Gasteiger partial charge in [0.15, 0.2) is 0 Å². The van der Waals surface area contributed by atoms with Crippen molar-refractivity contribution in [3.8, 4) is 0 Å². The fourth-order valence-electron chi connectivity index (χ4n) is 2.11. The van der Waals surface area contributed by atoms with Crippen molar-refractivity contribution in [2.24, 2.45) is 0 Å². The highest BCUT2D eigenvalue weighted by molar-refractivity contribution is 6.03. The molecule has 0 saturated heterocycles. The number of hydrogen-bond acceptors (Lipinski definition) is 4. The number of carbonyl (C=O) groups excluding carboxylic acids is 1. The number of aromatic nitrogens is 2. The number of hydrogen-bond donors (Lipinski definition) is 1. The Kier molecular flexibility index (Phi) is 4.87. The maximum absolute atomic E-state index is 12.3. The zero-order valence-corrected chi connectivity index (χ0v) is 12.6. The molecule has 2 aromatic rings. The molecule has 5 heteroatoms. The summed E-state index contributed by atoms with van der Waals surface area (Å²) in [6.45, 7) is 7.77. The zero-order chi connectivity index (χ0) is 15.2. The lowest BCUT2D eigenvalue weighted by molar-refractivity contribution is 0.102. The molecule has 0 saturated carbocycles. The van der Waals surface area contributed by atoms with E-state index >= 15 is 0 Å². The number of benzene rings is 1. The van der Waals surface area contributed by atoms with Crippen LogP contribution in [-0.2, 0) is 0 Å².